The van der Waals surface area contributed by atoms with Crippen LogP contribution in [0.2, 0.25) is 0 Å². The second-order valence-electron chi connectivity index (χ2n) is 16.6. The van der Waals surface area contributed by atoms with E-state index in [1.807, 2.05) is 0 Å². The molecule has 296 valence electrons. The van der Waals surface area contributed by atoms with Gasteiger partial charge in [0.1, 0.15) is 12.4 Å². The highest BCUT2D eigenvalue weighted by Crippen LogP contribution is 2.17. The third-order valence-corrected chi connectivity index (χ3v) is 11.6. The van der Waals surface area contributed by atoms with Gasteiger partial charge in [0.15, 0.2) is 0 Å². The van der Waals surface area contributed by atoms with Crippen molar-refractivity contribution in [1.82, 2.24) is 4.57 Å². The van der Waals surface area contributed by atoms with Crippen molar-refractivity contribution in [3.8, 4) is 0 Å². The van der Waals surface area contributed by atoms with Crippen molar-refractivity contribution in [2.75, 3.05) is 0 Å². The highest BCUT2D eigenvalue weighted by atomic mass is 15.1. The van der Waals surface area contributed by atoms with Gasteiger partial charge >= 0.3 is 0 Å². The van der Waals surface area contributed by atoms with Crippen molar-refractivity contribution in [3.05, 3.63) is 18.2 Å². The van der Waals surface area contributed by atoms with Crippen molar-refractivity contribution < 1.29 is 4.57 Å². The van der Waals surface area contributed by atoms with Gasteiger partial charge in [-0.3, -0.25) is 0 Å². The molecule has 1 aromatic rings. The molecule has 2 nitrogen and oxygen atoms in total. The van der Waals surface area contributed by atoms with Crippen LogP contribution in [0.1, 0.15) is 277 Å². The monoisotopic (exact) mass is 700 g/mol. The SMILES string of the molecule is CCCCCCCCCCCCCCCCCCC[n+]1ccn(CCCCCCCCCCCCCCCCCC)c1CCCCCCCC. The fourth-order valence-corrected chi connectivity index (χ4v) is 8.09. The largest absolute Gasteiger partial charge is 0.256 e. The first-order valence-electron chi connectivity index (χ1n) is 23.9. The van der Waals surface area contributed by atoms with Crippen LogP contribution >= 0.6 is 0 Å². The molecule has 0 saturated carbocycles. The molecule has 0 aliphatic heterocycles. The Morgan fingerprint density at radius 1 is 0.340 bits per heavy atom. The smallest absolute Gasteiger partial charge is 0.234 e. The van der Waals surface area contributed by atoms with E-state index in [4.69, 9.17) is 0 Å². The summed E-state index contributed by atoms with van der Waals surface area (Å²) < 4.78 is 5.28. The third kappa shape index (κ3) is 30.8. The summed E-state index contributed by atoms with van der Waals surface area (Å²) in [6.07, 6.45) is 62.3. The Bertz CT molecular complexity index is 766. The summed E-state index contributed by atoms with van der Waals surface area (Å²) >= 11 is 0. The molecule has 0 aromatic carbocycles. The Kier molecular flexibility index (Phi) is 37.2. The molecule has 0 atom stereocenters. The number of hydrogen-bond acceptors (Lipinski definition) is 0. The van der Waals surface area contributed by atoms with Gasteiger partial charge in [-0.1, -0.05) is 239 Å². The van der Waals surface area contributed by atoms with Crippen LogP contribution in [-0.4, -0.2) is 4.57 Å². The number of nitrogens with zero attached hydrogens (tertiary/aromatic N) is 2. The second kappa shape index (κ2) is 39.4. The van der Waals surface area contributed by atoms with Gasteiger partial charge in [0.25, 0.3) is 5.82 Å². The lowest BCUT2D eigenvalue weighted by Crippen LogP contribution is -2.37. The summed E-state index contributed by atoms with van der Waals surface area (Å²) in [5.74, 6) is 1.62. The first kappa shape index (κ1) is 47.2. The van der Waals surface area contributed by atoms with Gasteiger partial charge in [-0.15, -0.1) is 0 Å². The number of aryl methyl sites for hydroxylation is 2. The topological polar surface area (TPSA) is 8.81 Å². The van der Waals surface area contributed by atoms with Crippen LogP contribution in [0.5, 0.6) is 0 Å². The average Bonchev–Trinajstić information content (AvgIpc) is 3.51. The van der Waals surface area contributed by atoms with Crippen molar-refractivity contribution in [2.24, 2.45) is 0 Å². The predicted octanol–water partition coefficient (Wildman–Crippen LogP) is 16.6. The molecule has 0 spiro atoms. The van der Waals surface area contributed by atoms with Gasteiger partial charge < -0.3 is 0 Å². The zero-order valence-electron chi connectivity index (χ0n) is 35.2. The minimum Gasteiger partial charge on any atom is -0.234 e. The number of imidazole rings is 1. The van der Waals surface area contributed by atoms with E-state index in [2.05, 4.69) is 42.3 Å². The fraction of sp³-hybridized carbons (Fsp3) is 0.938. The Morgan fingerprint density at radius 2 is 0.620 bits per heavy atom. The lowest BCUT2D eigenvalue weighted by Gasteiger charge is -2.07. The molecule has 0 saturated heterocycles. The zero-order chi connectivity index (χ0) is 35.8. The lowest BCUT2D eigenvalue weighted by molar-refractivity contribution is -0.704. The normalized spacial score (nSPS) is 11.7. The maximum Gasteiger partial charge on any atom is 0.256 e. The number of unbranched alkanes of at least 4 members (excludes halogenated alkanes) is 36. The van der Waals surface area contributed by atoms with Crippen molar-refractivity contribution in [2.45, 2.75) is 291 Å². The van der Waals surface area contributed by atoms with E-state index < -0.39 is 0 Å². The molecule has 0 aliphatic carbocycles. The van der Waals surface area contributed by atoms with Gasteiger partial charge in [-0.05, 0) is 32.1 Å². The first-order valence-corrected chi connectivity index (χ1v) is 23.9. The van der Waals surface area contributed by atoms with E-state index in [-0.39, 0.29) is 0 Å². The van der Waals surface area contributed by atoms with E-state index in [9.17, 15) is 0 Å². The minimum atomic E-state index is 1.23. The average molecular weight is 700 g/mol. The summed E-state index contributed by atoms with van der Waals surface area (Å²) in [5.41, 5.74) is 0. The van der Waals surface area contributed by atoms with Gasteiger partial charge in [0.2, 0.25) is 0 Å². The maximum atomic E-state index is 2.64. The summed E-state index contributed by atoms with van der Waals surface area (Å²) in [4.78, 5) is 0. The van der Waals surface area contributed by atoms with Gasteiger partial charge in [-0.2, -0.15) is 0 Å². The molecule has 1 aromatic heterocycles. The Morgan fingerprint density at radius 3 is 0.960 bits per heavy atom. The van der Waals surface area contributed by atoms with Crippen molar-refractivity contribution in [3.63, 3.8) is 0 Å². The summed E-state index contributed by atoms with van der Waals surface area (Å²) in [5, 5.41) is 0. The quantitative estimate of drug-likeness (QED) is 0.0474. The van der Waals surface area contributed by atoms with Crippen LogP contribution in [0.4, 0.5) is 0 Å². The highest BCUT2D eigenvalue weighted by Gasteiger charge is 2.16. The fourth-order valence-electron chi connectivity index (χ4n) is 8.09. The van der Waals surface area contributed by atoms with Crippen LogP contribution in [0.3, 0.4) is 0 Å². The van der Waals surface area contributed by atoms with Gasteiger partial charge in [0, 0.05) is 6.42 Å². The van der Waals surface area contributed by atoms with Crippen LogP contribution in [0.15, 0.2) is 12.4 Å². The molecule has 1 heterocycles. The molecule has 0 fully saturated rings. The summed E-state index contributed by atoms with van der Waals surface area (Å²) in [6.45, 7) is 9.42. The molecule has 2 heteroatoms. The molecule has 0 unspecified atom stereocenters. The van der Waals surface area contributed by atoms with Gasteiger partial charge in [0.05, 0.1) is 13.1 Å². The molecular weight excluding hydrogens is 605 g/mol. The summed E-state index contributed by atoms with van der Waals surface area (Å²) in [6, 6.07) is 0. The highest BCUT2D eigenvalue weighted by molar-refractivity contribution is 4.84. The van der Waals surface area contributed by atoms with E-state index in [0.717, 1.165) is 0 Å². The molecular formula is C48H95N2+. The second-order valence-corrected chi connectivity index (χ2v) is 16.6. The van der Waals surface area contributed by atoms with E-state index >= 15 is 0 Å². The van der Waals surface area contributed by atoms with Crippen molar-refractivity contribution >= 4 is 0 Å². The number of rotatable bonds is 42. The lowest BCUT2D eigenvalue weighted by atomic mass is 10.0. The zero-order valence-corrected chi connectivity index (χ0v) is 35.2. The third-order valence-electron chi connectivity index (χ3n) is 11.6. The van der Waals surface area contributed by atoms with E-state index in [1.54, 1.807) is 5.82 Å². The molecule has 0 amide bonds. The van der Waals surface area contributed by atoms with Crippen LogP contribution in [-0.2, 0) is 19.5 Å². The Hall–Kier alpha value is -0.790. The Balaban J connectivity index is 2.14. The van der Waals surface area contributed by atoms with E-state index in [0.29, 0.717) is 0 Å². The molecule has 0 aliphatic rings. The van der Waals surface area contributed by atoms with E-state index in [1.165, 1.54) is 270 Å². The molecule has 0 N–H and O–H groups in total. The van der Waals surface area contributed by atoms with Crippen LogP contribution in [0, 0.1) is 0 Å². The number of aromatic nitrogens is 2. The molecule has 50 heavy (non-hydrogen) atoms. The predicted molar refractivity (Wildman–Crippen MR) is 225 cm³/mol. The first-order chi connectivity index (χ1) is 24.8. The molecule has 0 bridgehead atoms. The standard InChI is InChI=1S/C48H95N2/c1-4-7-10-13-16-18-20-22-24-26-28-30-32-34-36-39-42-45-50-47-46-49(48(50)43-40-37-15-12-9-6-3)44-41-38-35-33-31-29-27-25-23-21-19-17-14-11-8-5-2/h46-47H,4-45H2,1-3H3/q+1. The molecule has 0 radical (unpaired) electrons. The van der Waals surface area contributed by atoms with Crippen LogP contribution in [0.25, 0.3) is 0 Å². The minimum absolute atomic E-state index is 1.23. The van der Waals surface area contributed by atoms with Crippen molar-refractivity contribution in [1.29, 1.82) is 0 Å². The molecule has 1 rings (SSSR count). The Labute approximate surface area is 317 Å². The van der Waals surface area contributed by atoms with Crippen LogP contribution < -0.4 is 4.57 Å². The number of hydrogen-bond donors (Lipinski definition) is 0. The maximum absolute atomic E-state index is 2.64. The summed E-state index contributed by atoms with van der Waals surface area (Å²) in [7, 11) is 0. The van der Waals surface area contributed by atoms with Gasteiger partial charge in [-0.25, -0.2) is 9.13 Å².